The van der Waals surface area contributed by atoms with Crippen molar-refractivity contribution in [1.82, 2.24) is 9.13 Å². The monoisotopic (exact) mass is 635 g/mol. The highest BCUT2D eigenvalue weighted by Crippen LogP contribution is 2.40. The Balaban J connectivity index is 1.23. The van der Waals surface area contributed by atoms with Crippen LogP contribution in [0.2, 0.25) is 0 Å². The lowest BCUT2D eigenvalue weighted by Crippen LogP contribution is -2.00. The van der Waals surface area contributed by atoms with Crippen LogP contribution >= 0.6 is 0 Å². The van der Waals surface area contributed by atoms with Gasteiger partial charge in [0.25, 0.3) is 0 Å². The van der Waals surface area contributed by atoms with Crippen LogP contribution in [0.25, 0.3) is 77.2 Å². The van der Waals surface area contributed by atoms with Gasteiger partial charge >= 0.3 is 0 Å². The second-order valence-electron chi connectivity index (χ2n) is 12.3. The van der Waals surface area contributed by atoms with Crippen LogP contribution in [0.15, 0.2) is 152 Å². The van der Waals surface area contributed by atoms with Gasteiger partial charge in [-0.05, 0) is 60.2 Å². The summed E-state index contributed by atoms with van der Waals surface area (Å²) in [6, 6.07) is 57.8. The summed E-state index contributed by atoms with van der Waals surface area (Å²) in [6.45, 7) is 0. The van der Waals surface area contributed by atoms with Crippen molar-refractivity contribution in [3.05, 3.63) is 168 Å². The Hall–Kier alpha value is -7.39. The van der Waals surface area contributed by atoms with Crippen LogP contribution in [0, 0.1) is 34.0 Å². The van der Waals surface area contributed by atoms with Crippen molar-refractivity contribution in [2.45, 2.75) is 0 Å². The summed E-state index contributed by atoms with van der Waals surface area (Å²) >= 11 is 0. The van der Waals surface area contributed by atoms with E-state index in [1.54, 1.807) is 0 Å². The molecule has 7 aromatic carbocycles. The lowest BCUT2D eigenvalue weighted by molar-refractivity contribution is 1.18. The molecule has 0 saturated carbocycles. The Morgan fingerprint density at radius 2 is 0.940 bits per heavy atom. The average molecular weight is 636 g/mol. The van der Waals surface area contributed by atoms with Gasteiger partial charge in [-0.25, -0.2) is 0 Å². The van der Waals surface area contributed by atoms with Crippen molar-refractivity contribution in [3.63, 3.8) is 0 Å². The molecule has 0 aliphatic rings. The number of hydrogen-bond acceptors (Lipinski definition) is 3. The van der Waals surface area contributed by atoms with Gasteiger partial charge in [0, 0.05) is 43.9 Å². The van der Waals surface area contributed by atoms with Crippen LogP contribution < -0.4 is 0 Å². The maximum absolute atomic E-state index is 10.7. The molecule has 0 aliphatic heterocycles. The first kappa shape index (κ1) is 28.8. The predicted molar refractivity (Wildman–Crippen MR) is 200 cm³/mol. The van der Waals surface area contributed by atoms with E-state index >= 15 is 0 Å². The lowest BCUT2D eigenvalue weighted by atomic mass is 9.89. The molecule has 0 N–H and O–H groups in total. The summed E-state index contributed by atoms with van der Waals surface area (Å²) in [4.78, 5) is 0. The maximum atomic E-state index is 10.7. The second kappa shape index (κ2) is 11.4. The molecule has 230 valence electrons. The molecule has 5 heteroatoms. The molecular formula is C45H25N5. The van der Waals surface area contributed by atoms with Gasteiger partial charge < -0.3 is 9.13 Å². The van der Waals surface area contributed by atoms with E-state index < -0.39 is 0 Å². The SMILES string of the molecule is N#Cc1ccc2c(c1)c1ccccc1n2-c1cccc(-c2ccc(-c3ccccc3-n3c4ccccc4c4ccccc43)c(C#N)c2C#N)c1. The molecule has 0 bridgehead atoms. The van der Waals surface area contributed by atoms with Crippen LogP contribution in [0.3, 0.4) is 0 Å². The fraction of sp³-hybridized carbons (Fsp3) is 0. The molecule has 9 rings (SSSR count). The fourth-order valence-electron chi connectivity index (χ4n) is 7.51. The van der Waals surface area contributed by atoms with Gasteiger partial charge in [0.05, 0.1) is 50.5 Å². The number of aromatic nitrogens is 2. The Labute approximate surface area is 287 Å². The molecule has 50 heavy (non-hydrogen) atoms. The fourth-order valence-corrected chi connectivity index (χ4v) is 7.51. The van der Waals surface area contributed by atoms with Gasteiger partial charge in [0.1, 0.15) is 12.1 Å². The summed E-state index contributed by atoms with van der Waals surface area (Å²) in [5.41, 5.74) is 10.4. The van der Waals surface area contributed by atoms with E-state index in [-0.39, 0.29) is 0 Å². The molecular weight excluding hydrogens is 611 g/mol. The summed E-state index contributed by atoms with van der Waals surface area (Å²) in [6.07, 6.45) is 0. The smallest absolute Gasteiger partial charge is 0.101 e. The summed E-state index contributed by atoms with van der Waals surface area (Å²) in [5.74, 6) is 0. The van der Waals surface area contributed by atoms with Gasteiger partial charge in [-0.2, -0.15) is 15.8 Å². The lowest BCUT2D eigenvalue weighted by Gasteiger charge is -2.17. The Kier molecular flexibility index (Phi) is 6.56. The van der Waals surface area contributed by atoms with Crippen molar-refractivity contribution in [2.75, 3.05) is 0 Å². The highest BCUT2D eigenvalue weighted by molar-refractivity contribution is 6.11. The Bertz CT molecular complexity index is 2920. The third kappa shape index (κ3) is 4.24. The third-order valence-electron chi connectivity index (χ3n) is 9.66. The maximum Gasteiger partial charge on any atom is 0.101 e. The van der Waals surface area contributed by atoms with Gasteiger partial charge in [-0.3, -0.25) is 0 Å². The van der Waals surface area contributed by atoms with Gasteiger partial charge in [0.15, 0.2) is 0 Å². The minimum absolute atomic E-state index is 0.333. The van der Waals surface area contributed by atoms with E-state index in [2.05, 4.69) is 88.0 Å². The molecule has 9 aromatic rings. The van der Waals surface area contributed by atoms with Crippen LogP contribution in [-0.2, 0) is 0 Å². The predicted octanol–water partition coefficient (Wildman–Crippen LogP) is 10.8. The number of fused-ring (bicyclic) bond motifs is 6. The molecule has 0 spiro atoms. The highest BCUT2D eigenvalue weighted by Gasteiger charge is 2.21. The van der Waals surface area contributed by atoms with Crippen LogP contribution in [0.5, 0.6) is 0 Å². The molecule has 0 atom stereocenters. The zero-order chi connectivity index (χ0) is 33.8. The first-order valence-electron chi connectivity index (χ1n) is 16.3. The molecule has 2 aromatic heterocycles. The molecule has 0 fully saturated rings. The summed E-state index contributed by atoms with van der Waals surface area (Å²) < 4.78 is 4.43. The van der Waals surface area contributed by atoms with E-state index in [0.29, 0.717) is 27.8 Å². The van der Waals surface area contributed by atoms with Gasteiger partial charge in [-0.15, -0.1) is 0 Å². The number of nitriles is 3. The standard InChI is InChI=1S/C45H25N5/c46-26-29-20-23-45-38(24-29)37-15-4-5-16-41(37)49(45)31-11-9-10-30(25-31)32-21-22-33(40(28-48)39(32)27-47)34-12-1-6-17-42(34)50-43-18-7-2-13-35(43)36-14-3-8-19-44(36)50/h1-25H. The van der Waals surface area contributed by atoms with Crippen molar-refractivity contribution in [2.24, 2.45) is 0 Å². The largest absolute Gasteiger partial charge is 0.309 e. The second-order valence-corrected chi connectivity index (χ2v) is 12.3. The molecule has 0 aliphatic carbocycles. The van der Waals surface area contributed by atoms with E-state index in [0.717, 1.165) is 66.1 Å². The molecule has 5 nitrogen and oxygen atoms in total. The summed E-state index contributed by atoms with van der Waals surface area (Å²) in [5, 5.41) is 35.3. The van der Waals surface area contributed by atoms with E-state index in [1.807, 2.05) is 91.0 Å². The first-order valence-corrected chi connectivity index (χ1v) is 16.3. The van der Waals surface area contributed by atoms with Crippen molar-refractivity contribution in [3.8, 4) is 51.8 Å². The molecule has 0 saturated heterocycles. The normalized spacial score (nSPS) is 11.1. The zero-order valence-electron chi connectivity index (χ0n) is 26.7. The van der Waals surface area contributed by atoms with E-state index in [9.17, 15) is 15.8 Å². The molecule has 0 radical (unpaired) electrons. The number of para-hydroxylation sites is 4. The van der Waals surface area contributed by atoms with Gasteiger partial charge in [-0.1, -0.05) is 97.1 Å². The third-order valence-corrected chi connectivity index (χ3v) is 9.66. The number of benzene rings is 7. The Morgan fingerprint density at radius 3 is 1.62 bits per heavy atom. The molecule has 0 amide bonds. The number of hydrogen-bond donors (Lipinski definition) is 0. The van der Waals surface area contributed by atoms with Crippen LogP contribution in [-0.4, -0.2) is 9.13 Å². The van der Waals surface area contributed by atoms with Crippen molar-refractivity contribution < 1.29 is 0 Å². The minimum Gasteiger partial charge on any atom is -0.309 e. The molecule has 0 unspecified atom stereocenters. The quantitative estimate of drug-likeness (QED) is 0.193. The van der Waals surface area contributed by atoms with Crippen LogP contribution in [0.4, 0.5) is 0 Å². The van der Waals surface area contributed by atoms with E-state index in [1.165, 1.54) is 0 Å². The number of rotatable bonds is 4. The van der Waals surface area contributed by atoms with Crippen LogP contribution in [0.1, 0.15) is 16.7 Å². The Morgan fingerprint density at radius 1 is 0.380 bits per heavy atom. The topological polar surface area (TPSA) is 81.2 Å². The van der Waals surface area contributed by atoms with Gasteiger partial charge in [0.2, 0.25) is 0 Å². The highest BCUT2D eigenvalue weighted by atomic mass is 15.0. The minimum atomic E-state index is 0.333. The summed E-state index contributed by atoms with van der Waals surface area (Å²) in [7, 11) is 0. The number of nitrogens with zero attached hydrogens (tertiary/aromatic N) is 5. The van der Waals surface area contributed by atoms with E-state index in [4.69, 9.17) is 0 Å². The first-order chi connectivity index (χ1) is 24.7. The average Bonchev–Trinajstić information content (AvgIpc) is 3.70. The molecule has 2 heterocycles. The van der Waals surface area contributed by atoms with Crippen molar-refractivity contribution in [1.29, 1.82) is 15.8 Å². The zero-order valence-corrected chi connectivity index (χ0v) is 26.7. The van der Waals surface area contributed by atoms with Crippen molar-refractivity contribution >= 4 is 43.6 Å².